The maximum Gasteiger partial charge on any atom is 0.160 e. The fourth-order valence-corrected chi connectivity index (χ4v) is 1.35. The molecule has 1 fully saturated rings. The molecule has 0 unspecified atom stereocenters. The molecule has 2 heteroatoms. The molecule has 0 aromatic rings. The van der Waals surface area contributed by atoms with Gasteiger partial charge >= 0.3 is 0 Å². The van der Waals surface area contributed by atoms with Crippen LogP contribution in [0.15, 0.2) is 11.8 Å². The summed E-state index contributed by atoms with van der Waals surface area (Å²) in [5.74, 6) is 0.338. The van der Waals surface area contributed by atoms with Gasteiger partial charge in [-0.25, -0.2) is 0 Å². The third kappa shape index (κ3) is 2.37. The molecule has 0 amide bonds. The first-order valence-electron chi connectivity index (χ1n) is 4.10. The van der Waals surface area contributed by atoms with Crippen LogP contribution >= 0.6 is 0 Å². The Morgan fingerprint density at radius 3 is 2.45 bits per heavy atom. The smallest absolute Gasteiger partial charge is 0.160 e. The fraction of sp³-hybridized carbons (Fsp3) is 0.667. The number of hydrogen-bond donors (Lipinski definition) is 0. The predicted octanol–water partition coefficient (Wildman–Crippen LogP) is 1.57. The van der Waals surface area contributed by atoms with Gasteiger partial charge in [0.25, 0.3) is 0 Å². The SMILES string of the molecule is CN(C)/C=C1/CCCCC1=O. The third-order valence-electron chi connectivity index (χ3n) is 1.87. The zero-order valence-electron chi connectivity index (χ0n) is 7.26. The molecule has 0 radical (unpaired) electrons. The van der Waals surface area contributed by atoms with Gasteiger partial charge in [0.15, 0.2) is 5.78 Å². The molecule has 2 nitrogen and oxygen atoms in total. The van der Waals surface area contributed by atoms with Crippen molar-refractivity contribution >= 4 is 5.78 Å². The van der Waals surface area contributed by atoms with Gasteiger partial charge in [0.1, 0.15) is 0 Å². The van der Waals surface area contributed by atoms with E-state index in [2.05, 4.69) is 0 Å². The zero-order chi connectivity index (χ0) is 8.27. The summed E-state index contributed by atoms with van der Waals surface area (Å²) >= 11 is 0. The Morgan fingerprint density at radius 1 is 1.27 bits per heavy atom. The molecule has 1 rings (SSSR count). The monoisotopic (exact) mass is 153 g/mol. The molecule has 0 atom stereocenters. The first kappa shape index (κ1) is 8.31. The summed E-state index contributed by atoms with van der Waals surface area (Å²) < 4.78 is 0. The molecule has 0 spiro atoms. The summed E-state index contributed by atoms with van der Waals surface area (Å²) in [5, 5.41) is 0. The van der Waals surface area contributed by atoms with Crippen molar-refractivity contribution in [1.82, 2.24) is 4.90 Å². The molecule has 0 aromatic carbocycles. The minimum Gasteiger partial charge on any atom is -0.383 e. The van der Waals surface area contributed by atoms with Gasteiger partial charge in [-0.15, -0.1) is 0 Å². The second-order valence-electron chi connectivity index (χ2n) is 3.25. The van der Waals surface area contributed by atoms with Crippen LogP contribution in [0.2, 0.25) is 0 Å². The summed E-state index contributed by atoms with van der Waals surface area (Å²) in [7, 11) is 3.91. The Morgan fingerprint density at radius 2 is 1.91 bits per heavy atom. The molecule has 0 aliphatic heterocycles. The number of carbonyl (C=O) groups excluding carboxylic acids is 1. The van der Waals surface area contributed by atoms with E-state index in [0.717, 1.165) is 24.8 Å². The van der Waals surface area contributed by atoms with Crippen LogP contribution in [0, 0.1) is 0 Å². The van der Waals surface area contributed by atoms with E-state index in [1.165, 1.54) is 6.42 Å². The Labute approximate surface area is 67.9 Å². The molecule has 62 valence electrons. The molecule has 1 saturated carbocycles. The summed E-state index contributed by atoms with van der Waals surface area (Å²) in [6, 6.07) is 0. The van der Waals surface area contributed by atoms with Crippen molar-refractivity contribution in [1.29, 1.82) is 0 Å². The van der Waals surface area contributed by atoms with Gasteiger partial charge in [0, 0.05) is 32.3 Å². The number of nitrogens with zero attached hydrogens (tertiary/aromatic N) is 1. The average Bonchev–Trinajstić information content (AvgIpc) is 1.93. The van der Waals surface area contributed by atoms with Crippen molar-refractivity contribution in [3.05, 3.63) is 11.8 Å². The van der Waals surface area contributed by atoms with Crippen molar-refractivity contribution in [2.45, 2.75) is 25.7 Å². The minimum absolute atomic E-state index is 0.338. The van der Waals surface area contributed by atoms with Gasteiger partial charge in [-0.3, -0.25) is 4.79 Å². The van der Waals surface area contributed by atoms with E-state index in [0.29, 0.717) is 5.78 Å². The maximum atomic E-state index is 11.2. The maximum absolute atomic E-state index is 11.2. The number of hydrogen-bond acceptors (Lipinski definition) is 2. The van der Waals surface area contributed by atoms with Crippen molar-refractivity contribution in [3.8, 4) is 0 Å². The molecular weight excluding hydrogens is 138 g/mol. The van der Waals surface area contributed by atoms with E-state index in [-0.39, 0.29) is 0 Å². The summed E-state index contributed by atoms with van der Waals surface area (Å²) in [4.78, 5) is 13.2. The van der Waals surface area contributed by atoms with Crippen molar-refractivity contribution in [2.24, 2.45) is 0 Å². The third-order valence-corrected chi connectivity index (χ3v) is 1.87. The largest absolute Gasteiger partial charge is 0.383 e. The quantitative estimate of drug-likeness (QED) is 0.533. The van der Waals surface area contributed by atoms with Crippen LogP contribution in [0.25, 0.3) is 0 Å². The first-order valence-corrected chi connectivity index (χ1v) is 4.10. The van der Waals surface area contributed by atoms with E-state index in [9.17, 15) is 4.79 Å². The molecule has 0 aromatic heterocycles. The zero-order valence-corrected chi connectivity index (χ0v) is 7.26. The molecule has 0 N–H and O–H groups in total. The Bertz CT molecular complexity index is 182. The van der Waals surface area contributed by atoms with Gasteiger partial charge in [0.2, 0.25) is 0 Å². The lowest BCUT2D eigenvalue weighted by Crippen LogP contribution is -2.12. The van der Waals surface area contributed by atoms with E-state index in [1.807, 2.05) is 25.2 Å². The summed E-state index contributed by atoms with van der Waals surface area (Å²) in [6.45, 7) is 0. The molecule has 1 aliphatic rings. The van der Waals surface area contributed by atoms with Crippen molar-refractivity contribution in [3.63, 3.8) is 0 Å². The van der Waals surface area contributed by atoms with E-state index < -0.39 is 0 Å². The number of Topliss-reactive ketones (excluding diaryl/α,β-unsaturated/α-hetero) is 1. The lowest BCUT2D eigenvalue weighted by molar-refractivity contribution is -0.116. The summed E-state index contributed by atoms with van der Waals surface area (Å²) in [5.41, 5.74) is 1.00. The van der Waals surface area contributed by atoms with E-state index in [1.54, 1.807) is 0 Å². The summed E-state index contributed by atoms with van der Waals surface area (Å²) in [6.07, 6.45) is 5.91. The van der Waals surface area contributed by atoms with Gasteiger partial charge in [-0.05, 0) is 19.3 Å². The number of allylic oxidation sites excluding steroid dienone is 1. The predicted molar refractivity (Wildman–Crippen MR) is 45.2 cm³/mol. The van der Waals surface area contributed by atoms with Crippen LogP contribution in [-0.4, -0.2) is 24.8 Å². The highest BCUT2D eigenvalue weighted by atomic mass is 16.1. The van der Waals surface area contributed by atoms with Crippen molar-refractivity contribution < 1.29 is 4.79 Å². The van der Waals surface area contributed by atoms with Crippen LogP contribution in [0.1, 0.15) is 25.7 Å². The van der Waals surface area contributed by atoms with Gasteiger partial charge in [0.05, 0.1) is 0 Å². The first-order chi connectivity index (χ1) is 5.20. The van der Waals surface area contributed by atoms with Crippen LogP contribution in [0.4, 0.5) is 0 Å². The number of rotatable bonds is 1. The highest BCUT2D eigenvalue weighted by molar-refractivity contribution is 5.95. The van der Waals surface area contributed by atoms with E-state index in [4.69, 9.17) is 0 Å². The molecule has 11 heavy (non-hydrogen) atoms. The molecule has 0 heterocycles. The second kappa shape index (κ2) is 3.56. The Kier molecular flexibility index (Phi) is 2.69. The van der Waals surface area contributed by atoms with Crippen LogP contribution in [0.3, 0.4) is 0 Å². The Balaban J connectivity index is 2.61. The minimum atomic E-state index is 0.338. The second-order valence-corrected chi connectivity index (χ2v) is 3.25. The number of ketones is 1. The standard InChI is InChI=1S/C9H15NO/c1-10(2)7-8-5-3-4-6-9(8)11/h7H,3-6H2,1-2H3/b8-7-. The highest BCUT2D eigenvalue weighted by Gasteiger charge is 2.14. The molecule has 1 aliphatic carbocycles. The van der Waals surface area contributed by atoms with Gasteiger partial charge < -0.3 is 4.90 Å². The Hall–Kier alpha value is -0.790. The molecular formula is C9H15NO. The molecule has 0 saturated heterocycles. The lowest BCUT2D eigenvalue weighted by Gasteiger charge is -2.14. The van der Waals surface area contributed by atoms with Gasteiger partial charge in [-0.1, -0.05) is 0 Å². The van der Waals surface area contributed by atoms with Crippen LogP contribution < -0.4 is 0 Å². The van der Waals surface area contributed by atoms with Crippen LogP contribution in [-0.2, 0) is 4.79 Å². The van der Waals surface area contributed by atoms with E-state index >= 15 is 0 Å². The lowest BCUT2D eigenvalue weighted by atomic mass is 9.94. The number of carbonyl (C=O) groups is 1. The molecule has 0 bridgehead atoms. The fourth-order valence-electron chi connectivity index (χ4n) is 1.35. The highest BCUT2D eigenvalue weighted by Crippen LogP contribution is 2.19. The van der Waals surface area contributed by atoms with Gasteiger partial charge in [-0.2, -0.15) is 0 Å². The average molecular weight is 153 g/mol. The topological polar surface area (TPSA) is 20.3 Å². The van der Waals surface area contributed by atoms with Crippen LogP contribution in [0.5, 0.6) is 0 Å². The van der Waals surface area contributed by atoms with Crippen molar-refractivity contribution in [2.75, 3.05) is 14.1 Å². The normalized spacial score (nSPS) is 22.4.